The SMILES string of the molecule is CC(=O)c1c(C)c2cnc(Nc3ccc(N4CCN(CC(=O)NCCOCCOCCC(=O)NC5=CCC(C)(S(=O)(=O)n6ccc7cc(C(=O)Nc8ccc(C)cn8)ccc76)C=C5)CC4)cn3)nc2n(C2CCCC2)c1=O. The molecule has 0 bridgehead atoms. The van der Waals surface area contributed by atoms with E-state index in [0.717, 1.165) is 50.0 Å². The van der Waals surface area contributed by atoms with E-state index in [1.807, 2.05) is 25.1 Å². The molecule has 404 valence electrons. The van der Waals surface area contributed by atoms with Gasteiger partial charge in [-0.2, -0.15) is 4.98 Å². The molecule has 6 aromatic rings. The molecular formula is C55H64N12O9S. The minimum atomic E-state index is -3.96. The van der Waals surface area contributed by atoms with Crippen molar-refractivity contribution < 1.29 is 37.1 Å². The maximum atomic E-state index is 14.0. The van der Waals surface area contributed by atoms with E-state index in [1.54, 1.807) is 85.6 Å². The van der Waals surface area contributed by atoms with E-state index in [9.17, 15) is 32.4 Å². The first-order valence-electron chi connectivity index (χ1n) is 25.9. The predicted octanol–water partition coefficient (Wildman–Crippen LogP) is 5.72. The Morgan fingerprint density at radius 2 is 1.58 bits per heavy atom. The highest BCUT2D eigenvalue weighted by molar-refractivity contribution is 7.91. The Kier molecular flexibility index (Phi) is 16.7. The number of piperazine rings is 1. The van der Waals surface area contributed by atoms with E-state index >= 15 is 0 Å². The van der Waals surface area contributed by atoms with E-state index in [0.29, 0.717) is 82.6 Å². The maximum Gasteiger partial charge on any atom is 0.263 e. The summed E-state index contributed by atoms with van der Waals surface area (Å²) in [6.07, 6.45) is 15.4. The predicted molar refractivity (Wildman–Crippen MR) is 293 cm³/mol. The first kappa shape index (κ1) is 54.1. The van der Waals surface area contributed by atoms with Crippen LogP contribution in [-0.2, 0) is 29.1 Å². The summed E-state index contributed by atoms with van der Waals surface area (Å²) in [5.41, 5.74) is 4.21. The van der Waals surface area contributed by atoms with Crippen molar-refractivity contribution in [3.05, 3.63) is 130 Å². The number of Topliss-reactive ketones (excluding diaryl/α,β-unsaturated/α-hetero) is 1. The topological polar surface area (TPSA) is 254 Å². The zero-order valence-electron chi connectivity index (χ0n) is 43.7. The van der Waals surface area contributed by atoms with E-state index < -0.39 is 14.8 Å². The highest BCUT2D eigenvalue weighted by Crippen LogP contribution is 2.34. The van der Waals surface area contributed by atoms with Crippen LogP contribution in [0.2, 0.25) is 0 Å². The van der Waals surface area contributed by atoms with Gasteiger partial charge in [-0.1, -0.05) is 31.1 Å². The Bertz CT molecular complexity index is 3420. The van der Waals surface area contributed by atoms with Crippen LogP contribution in [0.1, 0.15) is 90.3 Å². The van der Waals surface area contributed by atoms with Crippen LogP contribution in [0.25, 0.3) is 21.9 Å². The number of ketones is 1. The minimum Gasteiger partial charge on any atom is -0.379 e. The van der Waals surface area contributed by atoms with Gasteiger partial charge in [-0.05, 0) is 107 Å². The van der Waals surface area contributed by atoms with Gasteiger partial charge in [0.15, 0.2) is 5.78 Å². The summed E-state index contributed by atoms with van der Waals surface area (Å²) in [4.78, 5) is 86.8. The number of hydrogen-bond donors (Lipinski definition) is 4. The number of fused-ring (bicyclic) bond motifs is 2. The smallest absolute Gasteiger partial charge is 0.263 e. The van der Waals surface area contributed by atoms with Gasteiger partial charge in [0.2, 0.25) is 27.8 Å². The van der Waals surface area contributed by atoms with Crippen molar-refractivity contribution in [2.24, 2.45) is 0 Å². The number of amides is 3. The number of aryl methyl sites for hydroxylation is 2. The fraction of sp³-hybridized carbons (Fsp3) is 0.400. The molecule has 2 aliphatic carbocycles. The summed E-state index contributed by atoms with van der Waals surface area (Å²) in [6.45, 7) is 11.2. The average molecular weight is 1070 g/mol. The van der Waals surface area contributed by atoms with Gasteiger partial charge in [-0.15, -0.1) is 0 Å². The van der Waals surface area contributed by atoms with Crippen molar-refractivity contribution in [1.29, 1.82) is 0 Å². The number of nitrogens with zero attached hydrogens (tertiary/aromatic N) is 8. The molecule has 9 rings (SSSR count). The number of pyridine rings is 3. The van der Waals surface area contributed by atoms with Gasteiger partial charge in [0.05, 0.1) is 62.4 Å². The van der Waals surface area contributed by atoms with Gasteiger partial charge < -0.3 is 35.6 Å². The normalized spacial score (nSPS) is 17.1. The molecule has 22 heteroatoms. The summed E-state index contributed by atoms with van der Waals surface area (Å²) >= 11 is 0. The largest absolute Gasteiger partial charge is 0.379 e. The summed E-state index contributed by atoms with van der Waals surface area (Å²) < 4.78 is 40.8. The van der Waals surface area contributed by atoms with Crippen LogP contribution in [0.5, 0.6) is 0 Å². The van der Waals surface area contributed by atoms with Crippen LogP contribution in [-0.4, -0.2) is 136 Å². The quantitative estimate of drug-likeness (QED) is 0.0496. The lowest BCUT2D eigenvalue weighted by Crippen LogP contribution is -2.49. The molecule has 1 aromatic carbocycles. The van der Waals surface area contributed by atoms with Crippen LogP contribution >= 0.6 is 0 Å². The second-order valence-corrected chi connectivity index (χ2v) is 22.1. The lowest BCUT2D eigenvalue weighted by molar-refractivity contribution is -0.122. The van der Waals surface area contributed by atoms with E-state index in [2.05, 4.69) is 46.0 Å². The van der Waals surface area contributed by atoms with Crippen LogP contribution in [0.3, 0.4) is 0 Å². The van der Waals surface area contributed by atoms with Crippen molar-refractivity contribution in [2.45, 2.75) is 77.0 Å². The zero-order chi connectivity index (χ0) is 54.3. The summed E-state index contributed by atoms with van der Waals surface area (Å²) in [5, 5.41) is 12.9. The van der Waals surface area contributed by atoms with Crippen molar-refractivity contribution in [1.82, 2.24) is 44.0 Å². The number of allylic oxidation sites excluding steroid dienone is 2. The third-order valence-corrected chi connectivity index (χ3v) is 16.6. The monoisotopic (exact) mass is 1070 g/mol. The molecule has 6 heterocycles. The Labute approximate surface area is 446 Å². The number of hydrogen-bond acceptors (Lipinski definition) is 16. The van der Waals surface area contributed by atoms with Gasteiger partial charge in [0, 0.05) is 79.4 Å². The fourth-order valence-electron chi connectivity index (χ4n) is 9.89. The molecule has 1 unspecified atom stereocenters. The Morgan fingerprint density at radius 1 is 0.831 bits per heavy atom. The third-order valence-electron chi connectivity index (χ3n) is 14.3. The number of aromatic nitrogens is 6. The van der Waals surface area contributed by atoms with Crippen molar-refractivity contribution in [3.63, 3.8) is 0 Å². The van der Waals surface area contributed by atoms with E-state index in [-0.39, 0.29) is 79.9 Å². The zero-order valence-corrected chi connectivity index (χ0v) is 44.5. The molecule has 2 fully saturated rings. The average Bonchev–Trinajstić information content (AvgIpc) is 4.20. The maximum absolute atomic E-state index is 14.0. The molecular weight excluding hydrogens is 1000 g/mol. The summed E-state index contributed by atoms with van der Waals surface area (Å²) in [5.74, 6) is 0.272. The Balaban J connectivity index is 0.630. The third kappa shape index (κ3) is 12.5. The minimum absolute atomic E-state index is 0.0164. The molecule has 21 nitrogen and oxygen atoms in total. The lowest BCUT2D eigenvalue weighted by Gasteiger charge is -2.35. The molecule has 3 amide bonds. The summed E-state index contributed by atoms with van der Waals surface area (Å²) in [7, 11) is -3.96. The number of carbonyl (C=O) groups excluding carboxylic acids is 4. The molecule has 5 aromatic heterocycles. The van der Waals surface area contributed by atoms with E-state index in [1.165, 1.54) is 17.1 Å². The molecule has 77 heavy (non-hydrogen) atoms. The van der Waals surface area contributed by atoms with Crippen molar-refractivity contribution in [3.8, 4) is 0 Å². The van der Waals surface area contributed by atoms with Gasteiger partial charge in [0.1, 0.15) is 22.0 Å². The number of ether oxygens (including phenoxy) is 2. The number of rotatable bonds is 21. The van der Waals surface area contributed by atoms with Crippen molar-refractivity contribution in [2.75, 3.05) is 81.2 Å². The van der Waals surface area contributed by atoms with Gasteiger partial charge in [-0.3, -0.25) is 33.4 Å². The molecule has 3 aliphatic rings. The molecule has 1 saturated heterocycles. The van der Waals surface area contributed by atoms with Crippen LogP contribution in [0, 0.1) is 13.8 Å². The van der Waals surface area contributed by atoms with Crippen LogP contribution in [0.15, 0.2) is 102 Å². The number of nitrogens with one attached hydrogen (secondary N) is 4. The fourth-order valence-corrected chi connectivity index (χ4v) is 11.5. The first-order valence-corrected chi connectivity index (χ1v) is 27.4. The highest BCUT2D eigenvalue weighted by atomic mass is 32.2. The number of anilines is 4. The van der Waals surface area contributed by atoms with Crippen molar-refractivity contribution >= 4 is 78.7 Å². The molecule has 1 saturated carbocycles. The molecule has 1 aliphatic heterocycles. The lowest BCUT2D eigenvalue weighted by atomic mass is 10.0. The highest BCUT2D eigenvalue weighted by Gasteiger charge is 2.39. The van der Waals surface area contributed by atoms with Gasteiger partial charge >= 0.3 is 0 Å². The second kappa shape index (κ2) is 23.7. The van der Waals surface area contributed by atoms with E-state index in [4.69, 9.17) is 14.5 Å². The second-order valence-electron chi connectivity index (χ2n) is 19.8. The Hall–Kier alpha value is -7.66. The first-order chi connectivity index (χ1) is 37.1. The molecule has 0 radical (unpaired) electrons. The number of carbonyl (C=O) groups is 4. The number of benzene rings is 1. The van der Waals surface area contributed by atoms with Crippen LogP contribution < -0.4 is 31.7 Å². The standard InChI is InChI=1S/C55H64N12O9S/c1-36-9-13-46(57-32-36)61-52(71)40-10-12-45-39(31-40)17-22-66(45)77(73,74)55(4)19-15-41(16-20-55)60-48(69)18-27-75-29-30-76-28-21-56-49(70)35-64-23-25-65(26-24-64)43-11-14-47(58-33-43)62-54-59-34-44-37(2)50(38(3)68)53(72)67(51(44)63-54)42-7-5-6-8-42/h9-17,19,22,31-34,42H,5-8,18,20-21,23-30,35H2,1-4H3,(H,56,70)(H,60,69)(H,57,61,71)(H,58,59,62,63). The van der Waals surface area contributed by atoms with Crippen LogP contribution in [0.4, 0.5) is 23.3 Å². The molecule has 1 atom stereocenters. The molecule has 4 N–H and O–H groups in total. The van der Waals surface area contributed by atoms with Gasteiger partial charge in [-0.25, -0.2) is 27.3 Å². The van der Waals surface area contributed by atoms with Gasteiger partial charge in [0.25, 0.3) is 11.5 Å². The molecule has 0 spiro atoms. The summed E-state index contributed by atoms with van der Waals surface area (Å²) in [6, 6.07) is 13.9. The Morgan fingerprint density at radius 3 is 2.29 bits per heavy atom.